The molecule has 0 bridgehead atoms. The zero-order valence-electron chi connectivity index (χ0n) is 11.4. The molecule has 94 valence electrons. The molecular weight excluding hydrogens is 208 g/mol. The van der Waals surface area contributed by atoms with Gasteiger partial charge in [0.2, 0.25) is 0 Å². The van der Waals surface area contributed by atoms with Crippen molar-refractivity contribution in [3.63, 3.8) is 0 Å². The SMILES string of the molecule is CNC1CC(Nc2ccc(C(C)(C)C)cc2)C1. The molecule has 0 atom stereocenters. The summed E-state index contributed by atoms with van der Waals surface area (Å²) in [4.78, 5) is 0. The monoisotopic (exact) mass is 232 g/mol. The van der Waals surface area contributed by atoms with Gasteiger partial charge >= 0.3 is 0 Å². The Hall–Kier alpha value is -1.02. The summed E-state index contributed by atoms with van der Waals surface area (Å²) in [5.41, 5.74) is 2.88. The van der Waals surface area contributed by atoms with Gasteiger partial charge in [0.1, 0.15) is 0 Å². The number of hydrogen-bond acceptors (Lipinski definition) is 2. The lowest BCUT2D eigenvalue weighted by molar-refractivity contribution is 0.326. The van der Waals surface area contributed by atoms with E-state index in [4.69, 9.17) is 0 Å². The standard InChI is InChI=1S/C15H24N2/c1-15(2,3)11-5-7-12(8-6-11)17-14-9-13(10-14)16-4/h5-8,13-14,16-17H,9-10H2,1-4H3. The van der Waals surface area contributed by atoms with Crippen LogP contribution in [0.25, 0.3) is 0 Å². The van der Waals surface area contributed by atoms with Crippen LogP contribution in [0.3, 0.4) is 0 Å². The lowest BCUT2D eigenvalue weighted by Gasteiger charge is -2.36. The van der Waals surface area contributed by atoms with E-state index in [2.05, 4.69) is 55.7 Å². The maximum Gasteiger partial charge on any atom is 0.0342 e. The highest BCUT2D eigenvalue weighted by Crippen LogP contribution is 2.26. The van der Waals surface area contributed by atoms with Gasteiger partial charge in [-0.25, -0.2) is 0 Å². The van der Waals surface area contributed by atoms with Crippen LogP contribution in [0.2, 0.25) is 0 Å². The molecule has 2 N–H and O–H groups in total. The Balaban J connectivity index is 1.91. The molecule has 1 aromatic carbocycles. The van der Waals surface area contributed by atoms with E-state index in [1.165, 1.54) is 24.1 Å². The number of benzene rings is 1. The van der Waals surface area contributed by atoms with Crippen LogP contribution in [0.5, 0.6) is 0 Å². The summed E-state index contributed by atoms with van der Waals surface area (Å²) >= 11 is 0. The van der Waals surface area contributed by atoms with Gasteiger partial charge in [0.25, 0.3) is 0 Å². The summed E-state index contributed by atoms with van der Waals surface area (Å²) in [7, 11) is 2.04. The minimum absolute atomic E-state index is 0.242. The molecule has 0 spiro atoms. The van der Waals surface area contributed by atoms with Crippen LogP contribution in [-0.4, -0.2) is 19.1 Å². The summed E-state index contributed by atoms with van der Waals surface area (Å²) in [5.74, 6) is 0. The van der Waals surface area contributed by atoms with Gasteiger partial charge in [-0.1, -0.05) is 32.9 Å². The highest BCUT2D eigenvalue weighted by molar-refractivity contribution is 5.47. The van der Waals surface area contributed by atoms with Gasteiger partial charge in [-0.05, 0) is 43.0 Å². The topological polar surface area (TPSA) is 24.1 Å². The zero-order valence-corrected chi connectivity index (χ0v) is 11.4. The van der Waals surface area contributed by atoms with Gasteiger partial charge in [-0.2, -0.15) is 0 Å². The van der Waals surface area contributed by atoms with Crippen LogP contribution in [0.1, 0.15) is 39.2 Å². The van der Waals surface area contributed by atoms with Gasteiger partial charge in [0.05, 0.1) is 0 Å². The quantitative estimate of drug-likeness (QED) is 0.836. The molecule has 17 heavy (non-hydrogen) atoms. The second kappa shape index (κ2) is 4.69. The Kier molecular flexibility index (Phi) is 3.43. The molecule has 0 saturated heterocycles. The van der Waals surface area contributed by atoms with Gasteiger partial charge in [0.15, 0.2) is 0 Å². The minimum atomic E-state index is 0.242. The normalized spacial score (nSPS) is 24.2. The van der Waals surface area contributed by atoms with Crippen LogP contribution in [0.15, 0.2) is 24.3 Å². The van der Waals surface area contributed by atoms with Crippen LogP contribution >= 0.6 is 0 Å². The lowest BCUT2D eigenvalue weighted by Crippen LogP contribution is -2.46. The molecule has 0 amide bonds. The third-order valence-corrected chi connectivity index (χ3v) is 3.67. The minimum Gasteiger partial charge on any atom is -0.382 e. The van der Waals surface area contributed by atoms with E-state index in [0.29, 0.717) is 12.1 Å². The van der Waals surface area contributed by atoms with Crippen molar-refractivity contribution in [3.8, 4) is 0 Å². The molecule has 0 aromatic heterocycles. The van der Waals surface area contributed by atoms with E-state index >= 15 is 0 Å². The maximum atomic E-state index is 3.58. The van der Waals surface area contributed by atoms with E-state index in [0.717, 1.165) is 0 Å². The molecule has 0 radical (unpaired) electrons. The highest BCUT2D eigenvalue weighted by atomic mass is 15.0. The van der Waals surface area contributed by atoms with E-state index in [1.807, 2.05) is 7.05 Å². The van der Waals surface area contributed by atoms with Gasteiger partial charge in [0, 0.05) is 17.8 Å². The van der Waals surface area contributed by atoms with E-state index in [-0.39, 0.29) is 5.41 Å². The van der Waals surface area contributed by atoms with E-state index in [1.54, 1.807) is 0 Å². The van der Waals surface area contributed by atoms with Gasteiger partial charge in [-0.3, -0.25) is 0 Å². The predicted molar refractivity (Wildman–Crippen MR) is 74.6 cm³/mol. The van der Waals surface area contributed by atoms with Crippen LogP contribution < -0.4 is 10.6 Å². The first-order valence-electron chi connectivity index (χ1n) is 6.53. The first-order chi connectivity index (χ1) is 7.99. The largest absolute Gasteiger partial charge is 0.382 e. The summed E-state index contributed by atoms with van der Waals surface area (Å²) in [6, 6.07) is 10.2. The Morgan fingerprint density at radius 3 is 2.06 bits per heavy atom. The first kappa shape index (κ1) is 12.4. The average molecular weight is 232 g/mol. The zero-order chi connectivity index (χ0) is 12.5. The second-order valence-electron chi connectivity index (χ2n) is 6.13. The third-order valence-electron chi connectivity index (χ3n) is 3.67. The Labute approximate surface area is 105 Å². The lowest BCUT2D eigenvalue weighted by atomic mass is 9.86. The smallest absolute Gasteiger partial charge is 0.0342 e. The fourth-order valence-corrected chi connectivity index (χ4v) is 2.27. The Morgan fingerprint density at radius 1 is 1.00 bits per heavy atom. The first-order valence-corrected chi connectivity index (χ1v) is 6.53. The van der Waals surface area contributed by atoms with Crippen molar-refractivity contribution in [1.82, 2.24) is 5.32 Å². The molecule has 0 aliphatic heterocycles. The average Bonchev–Trinajstić information content (AvgIpc) is 2.22. The van der Waals surface area contributed by atoms with Crippen LogP contribution in [0, 0.1) is 0 Å². The molecule has 2 rings (SSSR count). The fraction of sp³-hybridized carbons (Fsp3) is 0.600. The Bertz CT molecular complexity index is 356. The third kappa shape index (κ3) is 3.01. The molecular formula is C15H24N2. The van der Waals surface area contributed by atoms with Crippen molar-refractivity contribution in [3.05, 3.63) is 29.8 Å². The van der Waals surface area contributed by atoms with Crippen molar-refractivity contribution < 1.29 is 0 Å². The van der Waals surface area contributed by atoms with Gasteiger partial charge in [-0.15, -0.1) is 0 Å². The predicted octanol–water partition coefficient (Wildman–Crippen LogP) is 3.15. The summed E-state index contributed by atoms with van der Waals surface area (Å²) < 4.78 is 0. The van der Waals surface area contributed by atoms with Crippen molar-refractivity contribution in [2.75, 3.05) is 12.4 Å². The van der Waals surface area contributed by atoms with Crippen molar-refractivity contribution in [2.45, 2.75) is 51.1 Å². The summed E-state index contributed by atoms with van der Waals surface area (Å²) in [6.07, 6.45) is 2.47. The number of hydrogen-bond donors (Lipinski definition) is 2. The molecule has 0 unspecified atom stereocenters. The molecule has 2 nitrogen and oxygen atoms in total. The van der Waals surface area contributed by atoms with Crippen LogP contribution in [0.4, 0.5) is 5.69 Å². The van der Waals surface area contributed by atoms with Crippen molar-refractivity contribution in [2.24, 2.45) is 0 Å². The molecule has 1 aliphatic rings. The van der Waals surface area contributed by atoms with E-state index < -0.39 is 0 Å². The highest BCUT2D eigenvalue weighted by Gasteiger charge is 2.27. The molecule has 1 fully saturated rings. The molecule has 0 heterocycles. The number of anilines is 1. The number of rotatable bonds is 3. The summed E-state index contributed by atoms with van der Waals surface area (Å²) in [5, 5.41) is 6.89. The molecule has 1 aliphatic carbocycles. The summed E-state index contributed by atoms with van der Waals surface area (Å²) in [6.45, 7) is 6.75. The molecule has 1 saturated carbocycles. The van der Waals surface area contributed by atoms with Crippen molar-refractivity contribution >= 4 is 5.69 Å². The van der Waals surface area contributed by atoms with Crippen LogP contribution in [-0.2, 0) is 5.41 Å². The molecule has 2 heteroatoms. The van der Waals surface area contributed by atoms with Gasteiger partial charge < -0.3 is 10.6 Å². The Morgan fingerprint density at radius 2 is 1.59 bits per heavy atom. The van der Waals surface area contributed by atoms with Crippen molar-refractivity contribution in [1.29, 1.82) is 0 Å². The second-order valence-corrected chi connectivity index (χ2v) is 6.13. The number of nitrogens with one attached hydrogen (secondary N) is 2. The van der Waals surface area contributed by atoms with E-state index in [9.17, 15) is 0 Å². The maximum absolute atomic E-state index is 3.58. The fourth-order valence-electron chi connectivity index (χ4n) is 2.27. The molecule has 1 aromatic rings.